The minimum atomic E-state index is -0.119. The third-order valence-corrected chi connectivity index (χ3v) is 7.31. The van der Waals surface area contributed by atoms with E-state index in [-0.39, 0.29) is 17.1 Å². The van der Waals surface area contributed by atoms with Crippen LogP contribution in [0.4, 0.5) is 0 Å². The Morgan fingerprint density at radius 3 is 2.61 bits per heavy atom. The van der Waals surface area contributed by atoms with Crippen LogP contribution in [0.3, 0.4) is 0 Å². The fourth-order valence-corrected chi connectivity index (χ4v) is 5.46. The molecule has 0 aliphatic rings. The lowest BCUT2D eigenvalue weighted by molar-refractivity contribution is 0.102. The van der Waals surface area contributed by atoms with Gasteiger partial charge in [0, 0.05) is 17.1 Å². The molecule has 0 radical (unpaired) electrons. The SMILES string of the molecule is COc1ccc(C(=O)CSc2nc3c(sc4ncccc43)c(=O)n2Cc2ccccc2)cc1. The molecule has 5 rings (SSSR count). The van der Waals surface area contributed by atoms with E-state index in [1.54, 1.807) is 42.1 Å². The van der Waals surface area contributed by atoms with Crippen LogP contribution in [0.15, 0.2) is 82.9 Å². The second-order valence-electron chi connectivity index (χ2n) is 7.35. The van der Waals surface area contributed by atoms with Crippen LogP contribution in [0.1, 0.15) is 15.9 Å². The molecule has 0 aliphatic carbocycles. The number of carbonyl (C=O) groups is 1. The Balaban J connectivity index is 1.54. The van der Waals surface area contributed by atoms with Gasteiger partial charge in [-0.3, -0.25) is 14.2 Å². The van der Waals surface area contributed by atoms with Crippen LogP contribution >= 0.6 is 23.1 Å². The van der Waals surface area contributed by atoms with Crippen molar-refractivity contribution in [3.8, 4) is 5.75 Å². The first-order chi connectivity index (χ1) is 16.1. The molecule has 0 unspecified atom stereocenters. The molecular formula is C25H19N3O3S2. The fourth-order valence-electron chi connectivity index (χ4n) is 3.55. The van der Waals surface area contributed by atoms with E-state index in [2.05, 4.69) is 4.98 Å². The van der Waals surface area contributed by atoms with Gasteiger partial charge < -0.3 is 4.74 Å². The van der Waals surface area contributed by atoms with E-state index in [1.807, 2.05) is 42.5 Å². The highest BCUT2D eigenvalue weighted by atomic mass is 32.2. The highest BCUT2D eigenvalue weighted by molar-refractivity contribution is 7.99. The lowest BCUT2D eigenvalue weighted by Crippen LogP contribution is -2.23. The van der Waals surface area contributed by atoms with Gasteiger partial charge in [0.25, 0.3) is 5.56 Å². The number of thiophene rings is 1. The van der Waals surface area contributed by atoms with Crippen molar-refractivity contribution in [3.63, 3.8) is 0 Å². The minimum absolute atomic E-state index is 0.0416. The maximum Gasteiger partial charge on any atom is 0.272 e. The van der Waals surface area contributed by atoms with Crippen molar-refractivity contribution < 1.29 is 9.53 Å². The van der Waals surface area contributed by atoms with Crippen LogP contribution in [0, 0.1) is 0 Å². The number of ether oxygens (including phenoxy) is 1. The van der Waals surface area contributed by atoms with Crippen LogP contribution < -0.4 is 10.3 Å². The number of nitrogens with zero attached hydrogens (tertiary/aromatic N) is 3. The first-order valence-corrected chi connectivity index (χ1v) is 12.1. The molecule has 0 N–H and O–H groups in total. The topological polar surface area (TPSA) is 74.1 Å². The summed E-state index contributed by atoms with van der Waals surface area (Å²) in [5, 5.41) is 1.37. The summed E-state index contributed by atoms with van der Waals surface area (Å²) in [4.78, 5) is 36.3. The summed E-state index contributed by atoms with van der Waals surface area (Å²) in [6.07, 6.45) is 1.71. The number of ketones is 1. The largest absolute Gasteiger partial charge is 0.497 e. The molecule has 6 nitrogen and oxygen atoms in total. The summed E-state index contributed by atoms with van der Waals surface area (Å²) in [5.41, 5.74) is 2.10. The van der Waals surface area contributed by atoms with Gasteiger partial charge in [0.15, 0.2) is 10.9 Å². The van der Waals surface area contributed by atoms with Gasteiger partial charge in [-0.1, -0.05) is 42.1 Å². The Morgan fingerprint density at radius 2 is 1.85 bits per heavy atom. The van der Waals surface area contributed by atoms with Crippen molar-refractivity contribution in [2.75, 3.05) is 12.9 Å². The Morgan fingerprint density at radius 1 is 1.06 bits per heavy atom. The van der Waals surface area contributed by atoms with Crippen LogP contribution in [0.25, 0.3) is 20.4 Å². The van der Waals surface area contributed by atoms with Crippen LogP contribution in [0.5, 0.6) is 5.75 Å². The van der Waals surface area contributed by atoms with Gasteiger partial charge in [-0.2, -0.15) is 0 Å². The molecule has 3 heterocycles. The number of fused-ring (bicyclic) bond motifs is 3. The molecule has 0 atom stereocenters. The minimum Gasteiger partial charge on any atom is -0.497 e. The summed E-state index contributed by atoms with van der Waals surface area (Å²) >= 11 is 2.63. The number of thioether (sulfide) groups is 1. The Labute approximate surface area is 197 Å². The molecular weight excluding hydrogens is 454 g/mol. The van der Waals surface area contributed by atoms with Crippen molar-refractivity contribution in [2.45, 2.75) is 11.7 Å². The maximum absolute atomic E-state index is 13.5. The third-order valence-electron chi connectivity index (χ3n) is 5.25. The van der Waals surface area contributed by atoms with Gasteiger partial charge in [-0.05, 0) is 42.0 Å². The summed E-state index contributed by atoms with van der Waals surface area (Å²) in [7, 11) is 1.59. The second-order valence-corrected chi connectivity index (χ2v) is 9.29. The number of hydrogen-bond donors (Lipinski definition) is 0. The highest BCUT2D eigenvalue weighted by Crippen LogP contribution is 2.31. The van der Waals surface area contributed by atoms with Crippen LogP contribution in [-0.2, 0) is 6.54 Å². The van der Waals surface area contributed by atoms with Crippen molar-refractivity contribution in [1.29, 1.82) is 0 Å². The fraction of sp³-hybridized carbons (Fsp3) is 0.120. The summed E-state index contributed by atoms with van der Waals surface area (Å²) in [5.74, 6) is 0.820. The molecule has 33 heavy (non-hydrogen) atoms. The van der Waals surface area contributed by atoms with Gasteiger partial charge in [0.1, 0.15) is 15.3 Å². The number of rotatable bonds is 7. The molecule has 0 aliphatic heterocycles. The third kappa shape index (κ3) is 4.27. The molecule has 8 heteroatoms. The van der Waals surface area contributed by atoms with Crippen LogP contribution in [-0.4, -0.2) is 33.2 Å². The number of benzene rings is 2. The average Bonchev–Trinajstić information content (AvgIpc) is 3.24. The molecule has 5 aromatic rings. The quantitative estimate of drug-likeness (QED) is 0.187. The Bertz CT molecular complexity index is 1510. The molecule has 2 aromatic carbocycles. The van der Waals surface area contributed by atoms with E-state index in [9.17, 15) is 9.59 Å². The van der Waals surface area contributed by atoms with E-state index in [4.69, 9.17) is 9.72 Å². The molecule has 0 fully saturated rings. The number of aromatic nitrogens is 3. The molecule has 0 amide bonds. The van der Waals surface area contributed by atoms with E-state index in [1.165, 1.54) is 23.1 Å². The average molecular weight is 474 g/mol. The zero-order valence-electron chi connectivity index (χ0n) is 17.7. The second kappa shape index (κ2) is 9.17. The first-order valence-electron chi connectivity index (χ1n) is 10.3. The number of Topliss-reactive ketones (excluding diaryl/α,β-unsaturated/α-hetero) is 1. The predicted molar refractivity (Wildman–Crippen MR) is 133 cm³/mol. The smallest absolute Gasteiger partial charge is 0.272 e. The standard InChI is InChI=1S/C25H19N3O3S2/c1-31-18-11-9-17(10-12-18)20(29)15-32-25-27-21-19-8-5-13-26-23(19)33-22(21)24(30)28(25)14-16-6-3-2-4-7-16/h2-13H,14-15H2,1H3. The molecule has 0 bridgehead atoms. The zero-order chi connectivity index (χ0) is 22.8. The van der Waals surface area contributed by atoms with E-state index < -0.39 is 0 Å². The summed E-state index contributed by atoms with van der Waals surface area (Å²) in [6, 6.07) is 20.5. The maximum atomic E-state index is 13.5. The van der Waals surface area contributed by atoms with Crippen molar-refractivity contribution >= 4 is 49.3 Å². The van der Waals surface area contributed by atoms with Crippen molar-refractivity contribution in [3.05, 3.63) is 94.4 Å². The van der Waals surface area contributed by atoms with Gasteiger partial charge in [0.05, 0.1) is 24.9 Å². The number of pyridine rings is 1. The van der Waals surface area contributed by atoms with Gasteiger partial charge in [-0.25, -0.2) is 9.97 Å². The Hall–Kier alpha value is -3.49. The predicted octanol–water partition coefficient (Wildman–Crippen LogP) is 5.04. The lowest BCUT2D eigenvalue weighted by Gasteiger charge is -2.12. The molecule has 0 saturated heterocycles. The normalized spacial score (nSPS) is 11.2. The summed E-state index contributed by atoms with van der Waals surface area (Å²) < 4.78 is 7.39. The zero-order valence-corrected chi connectivity index (χ0v) is 19.4. The molecule has 164 valence electrons. The van der Waals surface area contributed by atoms with Gasteiger partial charge in [0.2, 0.25) is 0 Å². The van der Waals surface area contributed by atoms with Crippen LogP contribution in [0.2, 0.25) is 0 Å². The number of methoxy groups -OCH3 is 1. The van der Waals surface area contributed by atoms with Gasteiger partial charge >= 0.3 is 0 Å². The van der Waals surface area contributed by atoms with Gasteiger partial charge in [-0.15, -0.1) is 11.3 Å². The summed E-state index contributed by atoms with van der Waals surface area (Å²) in [6.45, 7) is 0.378. The molecule has 0 spiro atoms. The monoisotopic (exact) mass is 473 g/mol. The Kier molecular flexibility index (Phi) is 5.93. The van der Waals surface area contributed by atoms with E-state index in [0.717, 1.165) is 15.8 Å². The lowest BCUT2D eigenvalue weighted by atomic mass is 10.1. The number of hydrogen-bond acceptors (Lipinski definition) is 7. The molecule has 0 saturated carbocycles. The van der Waals surface area contributed by atoms with Crippen molar-refractivity contribution in [2.24, 2.45) is 0 Å². The first kappa shape index (κ1) is 21.4. The number of carbonyl (C=O) groups excluding carboxylic acids is 1. The van der Waals surface area contributed by atoms with Crippen molar-refractivity contribution in [1.82, 2.24) is 14.5 Å². The van der Waals surface area contributed by atoms with E-state index in [0.29, 0.717) is 33.2 Å². The molecule has 3 aromatic heterocycles. The van der Waals surface area contributed by atoms with E-state index >= 15 is 0 Å². The highest BCUT2D eigenvalue weighted by Gasteiger charge is 2.18.